The predicted molar refractivity (Wildman–Crippen MR) is 56.5 cm³/mol. The number of ether oxygens (including phenoxy) is 1. The number of carboxylic acid groups (broad SMARTS) is 1. The van der Waals surface area contributed by atoms with Crippen molar-refractivity contribution in [2.45, 2.75) is 26.7 Å². The first-order valence-electron chi connectivity index (χ1n) is 4.92. The lowest BCUT2D eigenvalue weighted by Gasteiger charge is -2.09. The number of aromatic carboxylic acids is 1. The molecule has 4 nitrogen and oxygen atoms in total. The van der Waals surface area contributed by atoms with Crippen molar-refractivity contribution >= 4 is 5.97 Å². The summed E-state index contributed by atoms with van der Waals surface area (Å²) in [5.41, 5.74) is 0.954. The Kier molecular flexibility index (Phi) is 3.66. The van der Waals surface area contributed by atoms with Gasteiger partial charge in [0.1, 0.15) is 0 Å². The molecular formula is C11H15NO3. The van der Waals surface area contributed by atoms with E-state index in [1.165, 1.54) is 6.07 Å². The fourth-order valence-electron chi connectivity index (χ4n) is 1.17. The summed E-state index contributed by atoms with van der Waals surface area (Å²) in [6.45, 7) is 6.24. The van der Waals surface area contributed by atoms with Crippen LogP contribution in [-0.4, -0.2) is 22.7 Å². The van der Waals surface area contributed by atoms with Crippen molar-refractivity contribution in [3.8, 4) is 5.88 Å². The van der Waals surface area contributed by atoms with E-state index in [0.717, 1.165) is 5.69 Å². The standard InChI is InChI=1S/C11H15NO3/c1-4-15-10-6-8(11(13)14)5-9(12-10)7(2)3/h5-7H,4H2,1-3H3,(H,13,14). The quantitative estimate of drug-likeness (QED) is 0.826. The Balaban J connectivity index is 3.14. The highest BCUT2D eigenvalue weighted by Crippen LogP contribution is 2.18. The highest BCUT2D eigenvalue weighted by Gasteiger charge is 2.10. The minimum Gasteiger partial charge on any atom is -0.478 e. The molecule has 4 heteroatoms. The molecule has 15 heavy (non-hydrogen) atoms. The van der Waals surface area contributed by atoms with Gasteiger partial charge in [-0.25, -0.2) is 9.78 Å². The van der Waals surface area contributed by atoms with Gasteiger partial charge in [-0.3, -0.25) is 0 Å². The third-order valence-corrected chi connectivity index (χ3v) is 1.95. The molecule has 1 aromatic rings. The maximum atomic E-state index is 10.8. The maximum absolute atomic E-state index is 10.8. The van der Waals surface area contributed by atoms with E-state index < -0.39 is 5.97 Å². The lowest BCUT2D eigenvalue weighted by Crippen LogP contribution is -2.04. The lowest BCUT2D eigenvalue weighted by atomic mass is 10.1. The zero-order chi connectivity index (χ0) is 11.4. The van der Waals surface area contributed by atoms with Crippen molar-refractivity contribution in [2.24, 2.45) is 0 Å². The molecule has 0 amide bonds. The molecule has 0 unspecified atom stereocenters. The number of carboxylic acids is 1. The van der Waals surface area contributed by atoms with E-state index in [2.05, 4.69) is 4.98 Å². The summed E-state index contributed by atoms with van der Waals surface area (Å²) in [7, 11) is 0. The second kappa shape index (κ2) is 4.77. The second-order valence-electron chi connectivity index (χ2n) is 3.51. The van der Waals surface area contributed by atoms with Crippen molar-refractivity contribution in [1.82, 2.24) is 4.98 Å². The highest BCUT2D eigenvalue weighted by molar-refractivity contribution is 5.88. The summed E-state index contributed by atoms with van der Waals surface area (Å²) in [5.74, 6) is -0.398. The van der Waals surface area contributed by atoms with E-state index in [1.54, 1.807) is 6.07 Å². The van der Waals surface area contributed by atoms with Crippen molar-refractivity contribution in [2.75, 3.05) is 6.61 Å². The van der Waals surface area contributed by atoms with Crippen LogP contribution in [0.1, 0.15) is 42.7 Å². The molecule has 1 heterocycles. The summed E-state index contributed by atoms with van der Waals surface area (Å²) >= 11 is 0. The second-order valence-corrected chi connectivity index (χ2v) is 3.51. The first-order valence-corrected chi connectivity index (χ1v) is 4.92. The molecule has 0 aliphatic carbocycles. The van der Waals surface area contributed by atoms with E-state index in [0.29, 0.717) is 12.5 Å². The van der Waals surface area contributed by atoms with Gasteiger partial charge in [-0.2, -0.15) is 0 Å². The summed E-state index contributed by atoms with van der Waals surface area (Å²) in [5, 5.41) is 8.90. The summed E-state index contributed by atoms with van der Waals surface area (Å²) in [6.07, 6.45) is 0. The van der Waals surface area contributed by atoms with Gasteiger partial charge in [0.2, 0.25) is 5.88 Å². The van der Waals surface area contributed by atoms with Crippen LogP contribution in [0, 0.1) is 0 Å². The largest absolute Gasteiger partial charge is 0.478 e. The van der Waals surface area contributed by atoms with Crippen LogP contribution in [0.4, 0.5) is 0 Å². The minimum atomic E-state index is -0.958. The van der Waals surface area contributed by atoms with Gasteiger partial charge in [-0.1, -0.05) is 13.8 Å². The molecule has 0 fully saturated rings. The Morgan fingerprint density at radius 3 is 2.67 bits per heavy atom. The number of aromatic nitrogens is 1. The molecule has 0 radical (unpaired) electrons. The van der Waals surface area contributed by atoms with Crippen LogP contribution in [0.5, 0.6) is 5.88 Å². The summed E-state index contributed by atoms with van der Waals surface area (Å²) in [6, 6.07) is 3.02. The number of nitrogens with zero attached hydrogens (tertiary/aromatic N) is 1. The third kappa shape index (κ3) is 2.94. The van der Waals surface area contributed by atoms with Gasteiger partial charge in [0.25, 0.3) is 0 Å². The van der Waals surface area contributed by atoms with Gasteiger partial charge >= 0.3 is 5.97 Å². The number of carbonyl (C=O) groups is 1. The number of rotatable bonds is 4. The molecule has 0 saturated heterocycles. The lowest BCUT2D eigenvalue weighted by molar-refractivity contribution is 0.0696. The van der Waals surface area contributed by atoms with E-state index in [1.807, 2.05) is 20.8 Å². The molecule has 1 rings (SSSR count). The third-order valence-electron chi connectivity index (χ3n) is 1.95. The topological polar surface area (TPSA) is 59.4 Å². The van der Waals surface area contributed by atoms with Crippen LogP contribution in [0.25, 0.3) is 0 Å². The molecule has 0 atom stereocenters. The van der Waals surface area contributed by atoms with Crippen molar-refractivity contribution in [3.63, 3.8) is 0 Å². The van der Waals surface area contributed by atoms with Crippen molar-refractivity contribution < 1.29 is 14.6 Å². The summed E-state index contributed by atoms with van der Waals surface area (Å²) < 4.78 is 5.21. The number of hydrogen-bond acceptors (Lipinski definition) is 3. The molecule has 0 bridgehead atoms. The Hall–Kier alpha value is -1.58. The normalized spacial score (nSPS) is 10.4. The Morgan fingerprint density at radius 2 is 2.20 bits per heavy atom. The molecule has 1 aromatic heterocycles. The van der Waals surface area contributed by atoms with Gasteiger partial charge in [-0.05, 0) is 18.9 Å². The van der Waals surface area contributed by atoms with Crippen LogP contribution >= 0.6 is 0 Å². The first kappa shape index (κ1) is 11.5. The fourth-order valence-corrected chi connectivity index (χ4v) is 1.17. The number of pyridine rings is 1. The molecule has 0 saturated carbocycles. The van der Waals surface area contributed by atoms with Gasteiger partial charge < -0.3 is 9.84 Å². The van der Waals surface area contributed by atoms with Crippen LogP contribution in [-0.2, 0) is 0 Å². The molecule has 0 aliphatic rings. The van der Waals surface area contributed by atoms with Gasteiger partial charge in [0.05, 0.1) is 12.2 Å². The van der Waals surface area contributed by atoms with Crippen LogP contribution in [0.2, 0.25) is 0 Å². The highest BCUT2D eigenvalue weighted by atomic mass is 16.5. The monoisotopic (exact) mass is 209 g/mol. The SMILES string of the molecule is CCOc1cc(C(=O)O)cc(C(C)C)n1. The minimum absolute atomic E-state index is 0.184. The van der Waals surface area contributed by atoms with E-state index in [4.69, 9.17) is 9.84 Å². The van der Waals surface area contributed by atoms with Crippen molar-refractivity contribution in [1.29, 1.82) is 0 Å². The van der Waals surface area contributed by atoms with Crippen LogP contribution in [0.3, 0.4) is 0 Å². The van der Waals surface area contributed by atoms with Gasteiger partial charge in [0.15, 0.2) is 0 Å². The summed E-state index contributed by atoms with van der Waals surface area (Å²) in [4.78, 5) is 15.1. The van der Waals surface area contributed by atoms with Crippen molar-refractivity contribution in [3.05, 3.63) is 23.4 Å². The van der Waals surface area contributed by atoms with Crippen LogP contribution < -0.4 is 4.74 Å². The zero-order valence-corrected chi connectivity index (χ0v) is 9.15. The molecule has 0 aromatic carbocycles. The molecular weight excluding hydrogens is 194 g/mol. The van der Waals surface area contributed by atoms with E-state index in [-0.39, 0.29) is 11.5 Å². The smallest absolute Gasteiger partial charge is 0.335 e. The molecule has 82 valence electrons. The van der Waals surface area contributed by atoms with E-state index in [9.17, 15) is 4.79 Å². The molecule has 1 N–H and O–H groups in total. The molecule has 0 aliphatic heterocycles. The predicted octanol–water partition coefficient (Wildman–Crippen LogP) is 2.30. The number of hydrogen-bond donors (Lipinski definition) is 1. The average molecular weight is 209 g/mol. The first-order chi connectivity index (χ1) is 7.04. The van der Waals surface area contributed by atoms with Gasteiger partial charge in [0, 0.05) is 11.8 Å². The van der Waals surface area contributed by atoms with Crippen LogP contribution in [0.15, 0.2) is 12.1 Å². The zero-order valence-electron chi connectivity index (χ0n) is 9.15. The Labute approximate surface area is 88.9 Å². The van der Waals surface area contributed by atoms with E-state index >= 15 is 0 Å². The fraction of sp³-hybridized carbons (Fsp3) is 0.455. The maximum Gasteiger partial charge on any atom is 0.335 e. The Morgan fingerprint density at radius 1 is 1.53 bits per heavy atom. The average Bonchev–Trinajstić information content (AvgIpc) is 2.17. The Bertz CT molecular complexity index is 361. The molecule has 0 spiro atoms. The van der Waals surface area contributed by atoms with Gasteiger partial charge in [-0.15, -0.1) is 0 Å².